The van der Waals surface area contributed by atoms with E-state index in [0.717, 1.165) is 53.7 Å². The number of halogens is 1. The van der Waals surface area contributed by atoms with Crippen molar-refractivity contribution in [1.29, 1.82) is 5.26 Å². The van der Waals surface area contributed by atoms with Crippen LogP contribution in [-0.2, 0) is 4.79 Å². The van der Waals surface area contributed by atoms with Crippen LogP contribution < -0.4 is 10.2 Å². The third kappa shape index (κ3) is 5.14. The van der Waals surface area contributed by atoms with Gasteiger partial charge in [-0.1, -0.05) is 11.6 Å². The van der Waals surface area contributed by atoms with E-state index in [9.17, 15) is 4.79 Å². The Bertz CT molecular complexity index is 1400. The second-order valence-electron chi connectivity index (χ2n) is 8.64. The first-order valence-corrected chi connectivity index (χ1v) is 11.8. The standard InChI is InChI=1S/C27H24ClN5O2/c1-18-14-19(16-29)15-24-26(18)35-27(31-24)20-2-6-22(7-3-20)30-25(34)17-32-10-12-33(13-11-32)23-8-4-21(28)5-9-23/h2-9,14-15H,10-13,17H2,1H3,(H,30,34). The van der Waals surface area contributed by atoms with E-state index < -0.39 is 0 Å². The van der Waals surface area contributed by atoms with Crippen LogP contribution in [0, 0.1) is 18.3 Å². The van der Waals surface area contributed by atoms with Crippen LogP contribution >= 0.6 is 11.6 Å². The molecular formula is C27H24ClN5O2. The first-order valence-electron chi connectivity index (χ1n) is 11.4. The maximum atomic E-state index is 12.6. The minimum absolute atomic E-state index is 0.0424. The number of aromatic nitrogens is 1. The molecule has 0 aliphatic carbocycles. The number of amides is 1. The first kappa shape index (κ1) is 22.9. The van der Waals surface area contributed by atoms with E-state index in [2.05, 4.69) is 26.2 Å². The fourth-order valence-electron chi connectivity index (χ4n) is 4.30. The number of nitrogens with zero attached hydrogens (tertiary/aromatic N) is 4. The highest BCUT2D eigenvalue weighted by molar-refractivity contribution is 6.30. The predicted octanol–water partition coefficient (Wildman–Crippen LogP) is 5.09. The van der Waals surface area contributed by atoms with Crippen LogP contribution in [0.4, 0.5) is 11.4 Å². The zero-order valence-electron chi connectivity index (χ0n) is 19.3. The van der Waals surface area contributed by atoms with Crippen molar-refractivity contribution in [2.24, 2.45) is 0 Å². The second kappa shape index (κ2) is 9.79. The number of nitriles is 1. The number of nitrogens with one attached hydrogen (secondary N) is 1. The number of hydrogen-bond donors (Lipinski definition) is 1. The topological polar surface area (TPSA) is 85.4 Å². The van der Waals surface area contributed by atoms with E-state index >= 15 is 0 Å². The molecule has 5 rings (SSSR count). The van der Waals surface area contributed by atoms with E-state index in [0.29, 0.717) is 29.1 Å². The van der Waals surface area contributed by atoms with Gasteiger partial charge in [0.25, 0.3) is 0 Å². The molecule has 1 aromatic heterocycles. The predicted molar refractivity (Wildman–Crippen MR) is 138 cm³/mol. The number of anilines is 2. The molecule has 1 fully saturated rings. The Kier molecular flexibility index (Phi) is 6.41. The summed E-state index contributed by atoms with van der Waals surface area (Å²) in [7, 11) is 0. The zero-order chi connectivity index (χ0) is 24.4. The summed E-state index contributed by atoms with van der Waals surface area (Å²) in [4.78, 5) is 21.6. The lowest BCUT2D eigenvalue weighted by Gasteiger charge is -2.35. The maximum Gasteiger partial charge on any atom is 0.238 e. The van der Waals surface area contributed by atoms with Gasteiger partial charge in [0.05, 0.1) is 18.2 Å². The molecule has 0 unspecified atom stereocenters. The minimum Gasteiger partial charge on any atom is -0.436 e. The van der Waals surface area contributed by atoms with Crippen LogP contribution in [-0.4, -0.2) is 48.5 Å². The van der Waals surface area contributed by atoms with Crippen molar-refractivity contribution in [3.05, 3.63) is 76.8 Å². The van der Waals surface area contributed by atoms with Gasteiger partial charge in [0.1, 0.15) is 5.52 Å². The number of aryl methyl sites for hydroxylation is 1. The third-order valence-electron chi connectivity index (χ3n) is 6.15. The number of oxazole rings is 1. The molecule has 0 saturated carbocycles. The monoisotopic (exact) mass is 485 g/mol. The highest BCUT2D eigenvalue weighted by atomic mass is 35.5. The van der Waals surface area contributed by atoms with Crippen LogP contribution in [0.1, 0.15) is 11.1 Å². The van der Waals surface area contributed by atoms with Gasteiger partial charge < -0.3 is 14.6 Å². The van der Waals surface area contributed by atoms with Crippen LogP contribution in [0.5, 0.6) is 0 Å². The van der Waals surface area contributed by atoms with Crippen molar-refractivity contribution in [3.8, 4) is 17.5 Å². The average molecular weight is 486 g/mol. The molecule has 0 spiro atoms. The maximum absolute atomic E-state index is 12.6. The van der Waals surface area contributed by atoms with Crippen molar-refractivity contribution in [1.82, 2.24) is 9.88 Å². The summed E-state index contributed by atoms with van der Waals surface area (Å²) in [5, 5.41) is 12.9. The Hall–Kier alpha value is -3.86. The Morgan fingerprint density at radius 3 is 2.49 bits per heavy atom. The Labute approximate surface area is 208 Å². The van der Waals surface area contributed by atoms with Gasteiger partial charge in [0, 0.05) is 48.1 Å². The molecule has 1 aliphatic rings. The van der Waals surface area contributed by atoms with Crippen molar-refractivity contribution in [2.75, 3.05) is 42.9 Å². The van der Waals surface area contributed by atoms with E-state index in [-0.39, 0.29) is 5.91 Å². The van der Waals surface area contributed by atoms with E-state index in [1.807, 2.05) is 55.5 Å². The molecule has 0 radical (unpaired) electrons. The summed E-state index contributed by atoms with van der Waals surface area (Å²) >= 11 is 5.98. The number of piperazine rings is 1. The third-order valence-corrected chi connectivity index (χ3v) is 6.40. The fourth-order valence-corrected chi connectivity index (χ4v) is 4.43. The molecule has 176 valence electrons. The highest BCUT2D eigenvalue weighted by Crippen LogP contribution is 2.28. The van der Waals surface area contributed by atoms with Gasteiger partial charge in [-0.05, 0) is 73.2 Å². The molecule has 7 nitrogen and oxygen atoms in total. The van der Waals surface area contributed by atoms with Gasteiger partial charge in [-0.15, -0.1) is 0 Å². The van der Waals surface area contributed by atoms with Gasteiger partial charge in [0.15, 0.2) is 5.58 Å². The number of carbonyl (C=O) groups excluding carboxylic acids is 1. The molecule has 4 aromatic rings. The van der Waals surface area contributed by atoms with Crippen LogP contribution in [0.15, 0.2) is 65.1 Å². The Morgan fingerprint density at radius 2 is 1.80 bits per heavy atom. The number of benzene rings is 3. The molecule has 0 bridgehead atoms. The number of carbonyl (C=O) groups is 1. The molecule has 2 heterocycles. The molecule has 3 aromatic carbocycles. The van der Waals surface area contributed by atoms with Gasteiger partial charge in [-0.2, -0.15) is 5.26 Å². The van der Waals surface area contributed by atoms with Crippen LogP contribution in [0.25, 0.3) is 22.6 Å². The summed E-state index contributed by atoms with van der Waals surface area (Å²) in [5.41, 5.74) is 5.43. The summed E-state index contributed by atoms with van der Waals surface area (Å²) in [5.74, 6) is 0.439. The van der Waals surface area contributed by atoms with Crippen molar-refractivity contribution < 1.29 is 9.21 Å². The lowest BCUT2D eigenvalue weighted by molar-refractivity contribution is -0.117. The number of fused-ring (bicyclic) bond motifs is 1. The summed E-state index contributed by atoms with van der Waals surface area (Å²) < 4.78 is 5.93. The van der Waals surface area contributed by atoms with E-state index in [1.54, 1.807) is 12.1 Å². The second-order valence-corrected chi connectivity index (χ2v) is 9.07. The molecule has 1 amide bonds. The van der Waals surface area contributed by atoms with E-state index in [1.165, 1.54) is 0 Å². The van der Waals surface area contributed by atoms with Crippen molar-refractivity contribution in [3.63, 3.8) is 0 Å². The van der Waals surface area contributed by atoms with Gasteiger partial charge >= 0.3 is 0 Å². The SMILES string of the molecule is Cc1cc(C#N)cc2nc(-c3ccc(NC(=O)CN4CCN(c5ccc(Cl)cc5)CC4)cc3)oc12. The Morgan fingerprint density at radius 1 is 1.09 bits per heavy atom. The lowest BCUT2D eigenvalue weighted by Crippen LogP contribution is -2.48. The molecule has 1 aliphatic heterocycles. The molecule has 1 N–H and O–H groups in total. The normalized spacial score (nSPS) is 14.1. The molecule has 0 atom stereocenters. The fraction of sp³-hybridized carbons (Fsp3) is 0.222. The van der Waals surface area contributed by atoms with Crippen LogP contribution in [0.3, 0.4) is 0 Å². The smallest absolute Gasteiger partial charge is 0.238 e. The quantitative estimate of drug-likeness (QED) is 0.424. The Balaban J connectivity index is 1.17. The summed E-state index contributed by atoms with van der Waals surface area (Å²) in [6.45, 7) is 5.61. The van der Waals surface area contributed by atoms with Gasteiger partial charge in [0.2, 0.25) is 11.8 Å². The van der Waals surface area contributed by atoms with Gasteiger partial charge in [-0.3, -0.25) is 9.69 Å². The summed E-state index contributed by atoms with van der Waals surface area (Å²) in [6.07, 6.45) is 0. The average Bonchev–Trinajstić information content (AvgIpc) is 3.30. The zero-order valence-corrected chi connectivity index (χ0v) is 20.0. The van der Waals surface area contributed by atoms with Gasteiger partial charge in [-0.25, -0.2) is 4.98 Å². The highest BCUT2D eigenvalue weighted by Gasteiger charge is 2.19. The lowest BCUT2D eigenvalue weighted by atomic mass is 10.1. The number of hydrogen-bond acceptors (Lipinski definition) is 6. The van der Waals surface area contributed by atoms with Crippen molar-refractivity contribution >= 4 is 40.0 Å². The molecule has 8 heteroatoms. The number of rotatable bonds is 5. The van der Waals surface area contributed by atoms with Crippen LogP contribution in [0.2, 0.25) is 5.02 Å². The molecule has 1 saturated heterocycles. The minimum atomic E-state index is -0.0424. The molecule has 35 heavy (non-hydrogen) atoms. The summed E-state index contributed by atoms with van der Waals surface area (Å²) in [6, 6.07) is 20.9. The first-order chi connectivity index (χ1) is 17.0. The van der Waals surface area contributed by atoms with E-state index in [4.69, 9.17) is 21.3 Å². The van der Waals surface area contributed by atoms with Crippen molar-refractivity contribution in [2.45, 2.75) is 6.92 Å². The molecular weight excluding hydrogens is 462 g/mol. The largest absolute Gasteiger partial charge is 0.436 e.